The van der Waals surface area contributed by atoms with E-state index in [1.165, 1.54) is 10.8 Å². The molecule has 2 aromatic carbocycles. The van der Waals surface area contributed by atoms with E-state index in [0.29, 0.717) is 5.92 Å². The summed E-state index contributed by atoms with van der Waals surface area (Å²) in [6, 6.07) is 18.9. The van der Waals surface area contributed by atoms with Crippen LogP contribution in [-0.4, -0.2) is 14.4 Å². The Morgan fingerprint density at radius 1 is 1.00 bits per heavy atom. The first-order valence-electron chi connectivity index (χ1n) is 8.25. The van der Waals surface area contributed by atoms with Crippen LogP contribution >= 0.6 is 0 Å². The van der Waals surface area contributed by atoms with E-state index in [0.717, 1.165) is 23.8 Å². The summed E-state index contributed by atoms with van der Waals surface area (Å²) >= 11 is 0. The Bertz CT molecular complexity index is 667. The molecule has 1 nitrogen and oxygen atoms in total. The standard InChI is InChI=1S/C21H26OSi/c1-17(2)14-18-10-12-19(13-11-18)20(15-22)16-23(3,4)21-8-6-5-7-9-21/h5-13,15-17H,14H2,1-4H3/b20-16+. The van der Waals surface area contributed by atoms with Crippen molar-refractivity contribution in [2.24, 2.45) is 5.92 Å². The minimum Gasteiger partial charge on any atom is -0.298 e. The first-order chi connectivity index (χ1) is 10.9. The van der Waals surface area contributed by atoms with Crippen molar-refractivity contribution in [2.45, 2.75) is 33.4 Å². The summed E-state index contributed by atoms with van der Waals surface area (Å²) in [5.41, 5.74) is 5.35. The lowest BCUT2D eigenvalue weighted by molar-refractivity contribution is -0.103. The van der Waals surface area contributed by atoms with Crippen LogP contribution in [-0.2, 0) is 11.2 Å². The molecule has 0 aliphatic carbocycles. The number of allylic oxidation sites excluding steroid dienone is 1. The molecule has 0 heterocycles. The fraction of sp³-hybridized carbons (Fsp3) is 0.286. The van der Waals surface area contributed by atoms with Crippen LogP contribution in [0.2, 0.25) is 13.1 Å². The second-order valence-electron chi connectivity index (χ2n) is 7.10. The molecule has 0 aliphatic rings. The van der Waals surface area contributed by atoms with Crippen molar-refractivity contribution in [1.82, 2.24) is 0 Å². The number of hydrogen-bond acceptors (Lipinski definition) is 1. The molecular formula is C21H26OSi. The third-order valence-electron chi connectivity index (χ3n) is 4.09. The van der Waals surface area contributed by atoms with E-state index < -0.39 is 8.07 Å². The molecule has 0 saturated heterocycles. The van der Waals surface area contributed by atoms with Crippen LogP contribution in [0.15, 0.2) is 60.3 Å². The third-order valence-corrected chi connectivity index (χ3v) is 6.95. The van der Waals surface area contributed by atoms with Crippen molar-refractivity contribution in [2.75, 3.05) is 0 Å². The second kappa shape index (κ2) is 7.56. The summed E-state index contributed by atoms with van der Waals surface area (Å²) in [6.07, 6.45) is 2.07. The fourth-order valence-electron chi connectivity index (χ4n) is 2.83. The maximum atomic E-state index is 11.6. The number of carbonyl (C=O) groups is 1. The van der Waals surface area contributed by atoms with Gasteiger partial charge in [0.15, 0.2) is 0 Å². The number of aldehydes is 1. The van der Waals surface area contributed by atoms with Crippen molar-refractivity contribution in [3.8, 4) is 0 Å². The van der Waals surface area contributed by atoms with Crippen LogP contribution in [0.3, 0.4) is 0 Å². The minimum atomic E-state index is -1.78. The van der Waals surface area contributed by atoms with Gasteiger partial charge in [-0.2, -0.15) is 0 Å². The molecule has 0 radical (unpaired) electrons. The molecule has 0 spiro atoms. The van der Waals surface area contributed by atoms with E-state index in [4.69, 9.17) is 0 Å². The van der Waals surface area contributed by atoms with Crippen molar-refractivity contribution >= 4 is 25.1 Å². The van der Waals surface area contributed by atoms with Crippen LogP contribution in [0.1, 0.15) is 25.0 Å². The van der Waals surface area contributed by atoms with Gasteiger partial charge in [-0.05, 0) is 23.5 Å². The van der Waals surface area contributed by atoms with Crippen LogP contribution in [0, 0.1) is 5.92 Å². The fourth-order valence-corrected chi connectivity index (χ4v) is 5.06. The Morgan fingerprint density at radius 2 is 1.61 bits per heavy atom. The van der Waals surface area contributed by atoms with E-state index in [1.54, 1.807) is 0 Å². The lowest BCUT2D eigenvalue weighted by Gasteiger charge is -2.19. The van der Waals surface area contributed by atoms with Crippen LogP contribution < -0.4 is 5.19 Å². The van der Waals surface area contributed by atoms with E-state index in [2.05, 4.69) is 81.2 Å². The van der Waals surface area contributed by atoms with Gasteiger partial charge >= 0.3 is 0 Å². The molecule has 0 amide bonds. The highest BCUT2D eigenvalue weighted by atomic mass is 28.3. The zero-order chi connectivity index (χ0) is 16.9. The lowest BCUT2D eigenvalue weighted by atomic mass is 10.00. The molecule has 0 aromatic heterocycles. The summed E-state index contributed by atoms with van der Waals surface area (Å²) in [6.45, 7) is 9.00. The highest BCUT2D eigenvalue weighted by molar-refractivity contribution is 6.94. The van der Waals surface area contributed by atoms with Crippen molar-refractivity contribution in [3.63, 3.8) is 0 Å². The van der Waals surface area contributed by atoms with Crippen LogP contribution in [0.5, 0.6) is 0 Å². The molecule has 0 N–H and O–H groups in total. The molecule has 0 atom stereocenters. The Labute approximate surface area is 141 Å². The quantitative estimate of drug-likeness (QED) is 0.431. The molecule has 0 saturated carbocycles. The van der Waals surface area contributed by atoms with Gasteiger partial charge < -0.3 is 0 Å². The zero-order valence-corrected chi connectivity index (χ0v) is 15.5. The topological polar surface area (TPSA) is 17.1 Å². The maximum absolute atomic E-state index is 11.6. The monoisotopic (exact) mass is 322 g/mol. The lowest BCUT2D eigenvalue weighted by Crippen LogP contribution is -2.39. The zero-order valence-electron chi connectivity index (χ0n) is 14.5. The van der Waals surface area contributed by atoms with Crippen molar-refractivity contribution in [3.05, 3.63) is 71.4 Å². The molecule has 2 heteroatoms. The van der Waals surface area contributed by atoms with Gasteiger partial charge in [0.25, 0.3) is 0 Å². The van der Waals surface area contributed by atoms with Gasteiger partial charge in [0, 0.05) is 5.57 Å². The highest BCUT2D eigenvalue weighted by Gasteiger charge is 2.21. The smallest absolute Gasteiger partial charge is 0.149 e. The normalized spacial score (nSPS) is 12.5. The second-order valence-corrected chi connectivity index (χ2v) is 11.4. The summed E-state index contributed by atoms with van der Waals surface area (Å²) in [5, 5.41) is 1.34. The van der Waals surface area contributed by atoms with Gasteiger partial charge in [-0.15, -0.1) is 0 Å². The first kappa shape index (κ1) is 17.4. The predicted molar refractivity (Wildman–Crippen MR) is 103 cm³/mol. The Morgan fingerprint density at radius 3 is 2.13 bits per heavy atom. The minimum absolute atomic E-state index is 0.645. The molecule has 0 fully saturated rings. The SMILES string of the molecule is CC(C)Cc1ccc(/C(C=O)=C/[Si](C)(C)c2ccccc2)cc1. The van der Waals surface area contributed by atoms with Crippen LogP contribution in [0.25, 0.3) is 5.57 Å². The van der Waals surface area contributed by atoms with Gasteiger partial charge in [-0.25, -0.2) is 0 Å². The van der Waals surface area contributed by atoms with Gasteiger partial charge in [0.2, 0.25) is 0 Å². The Kier molecular flexibility index (Phi) is 5.73. The van der Waals surface area contributed by atoms with E-state index in [-0.39, 0.29) is 0 Å². The molecule has 0 unspecified atom stereocenters. The van der Waals surface area contributed by atoms with E-state index in [9.17, 15) is 4.79 Å². The molecule has 2 rings (SSSR count). The molecule has 120 valence electrons. The average molecular weight is 323 g/mol. The number of carbonyl (C=O) groups excluding carboxylic acids is 1. The highest BCUT2D eigenvalue weighted by Crippen LogP contribution is 2.18. The summed E-state index contributed by atoms with van der Waals surface area (Å²) in [4.78, 5) is 11.6. The maximum Gasteiger partial charge on any atom is 0.149 e. The number of rotatable bonds is 6. The number of benzene rings is 2. The van der Waals surface area contributed by atoms with E-state index in [1.807, 2.05) is 6.07 Å². The Hall–Kier alpha value is -1.93. The molecule has 2 aromatic rings. The Balaban J connectivity index is 2.30. The van der Waals surface area contributed by atoms with Gasteiger partial charge in [0.05, 0.1) is 0 Å². The summed E-state index contributed by atoms with van der Waals surface area (Å²) < 4.78 is 0. The molecule has 0 aliphatic heterocycles. The van der Waals surface area contributed by atoms with E-state index >= 15 is 0 Å². The number of hydrogen-bond donors (Lipinski definition) is 0. The summed E-state index contributed by atoms with van der Waals surface area (Å²) in [7, 11) is -1.78. The largest absolute Gasteiger partial charge is 0.298 e. The van der Waals surface area contributed by atoms with Gasteiger partial charge in [-0.3, -0.25) is 4.79 Å². The molecular weight excluding hydrogens is 296 g/mol. The van der Waals surface area contributed by atoms with Gasteiger partial charge in [-0.1, -0.05) is 92.4 Å². The molecule has 0 bridgehead atoms. The first-order valence-corrected chi connectivity index (χ1v) is 11.3. The van der Waals surface area contributed by atoms with Crippen molar-refractivity contribution < 1.29 is 4.79 Å². The average Bonchev–Trinajstić information content (AvgIpc) is 2.54. The predicted octanol–water partition coefficient (Wildman–Crippen LogP) is 4.62. The van der Waals surface area contributed by atoms with Crippen LogP contribution in [0.4, 0.5) is 0 Å². The molecule has 23 heavy (non-hydrogen) atoms. The summed E-state index contributed by atoms with van der Waals surface area (Å²) in [5.74, 6) is 0.645. The van der Waals surface area contributed by atoms with Crippen molar-refractivity contribution in [1.29, 1.82) is 0 Å². The van der Waals surface area contributed by atoms with Gasteiger partial charge in [0.1, 0.15) is 14.4 Å². The third kappa shape index (κ3) is 4.77.